The molecular weight excluding hydrogens is 238 g/mol. The Labute approximate surface area is 115 Å². The van der Waals surface area contributed by atoms with E-state index in [-0.39, 0.29) is 17.4 Å². The van der Waals surface area contributed by atoms with Crippen LogP contribution in [0.4, 0.5) is 0 Å². The largest absolute Gasteiger partial charge is 0.347 e. The number of hydrogen-bond acceptors (Lipinski definition) is 3. The number of nitrogens with zero attached hydrogens (tertiary/aromatic N) is 2. The van der Waals surface area contributed by atoms with E-state index in [1.165, 1.54) is 0 Å². The van der Waals surface area contributed by atoms with Gasteiger partial charge in [0.15, 0.2) is 0 Å². The van der Waals surface area contributed by atoms with Crippen LogP contribution in [0, 0.1) is 0 Å². The molecule has 1 amide bonds. The van der Waals surface area contributed by atoms with Crippen molar-refractivity contribution in [2.45, 2.75) is 38.6 Å². The molecule has 0 spiro atoms. The standard InChI is InChI=1S/C15H23N3O/c1-15(2,3)11-5-6-13(16-9-11)14(19)17-12-7-8-18(4)10-12/h5-6,9,12H,7-8,10H2,1-4H3,(H,17,19)/t12-/m0/s1. The van der Waals surface area contributed by atoms with Crippen molar-refractivity contribution >= 4 is 5.91 Å². The Morgan fingerprint density at radius 2 is 2.16 bits per heavy atom. The molecule has 104 valence electrons. The number of likely N-dealkylation sites (tertiary alicyclic amines) is 1. The Hall–Kier alpha value is -1.42. The molecule has 0 bridgehead atoms. The molecule has 2 rings (SSSR count). The van der Waals surface area contributed by atoms with Crippen molar-refractivity contribution in [3.8, 4) is 0 Å². The number of nitrogens with one attached hydrogen (secondary N) is 1. The number of carbonyl (C=O) groups excluding carboxylic acids is 1. The fraction of sp³-hybridized carbons (Fsp3) is 0.600. The van der Waals surface area contributed by atoms with Gasteiger partial charge in [-0.15, -0.1) is 0 Å². The number of hydrogen-bond donors (Lipinski definition) is 1. The second kappa shape index (κ2) is 5.29. The quantitative estimate of drug-likeness (QED) is 0.883. The fourth-order valence-electron chi connectivity index (χ4n) is 2.28. The van der Waals surface area contributed by atoms with Gasteiger partial charge in [0.2, 0.25) is 0 Å². The van der Waals surface area contributed by atoms with Gasteiger partial charge in [-0.3, -0.25) is 9.78 Å². The molecule has 1 atom stereocenters. The first kappa shape index (κ1) is 14.0. The van der Waals surface area contributed by atoms with Crippen molar-refractivity contribution in [3.05, 3.63) is 29.6 Å². The maximum Gasteiger partial charge on any atom is 0.270 e. The number of carbonyl (C=O) groups is 1. The monoisotopic (exact) mass is 261 g/mol. The molecule has 0 aliphatic carbocycles. The summed E-state index contributed by atoms with van der Waals surface area (Å²) in [5, 5.41) is 3.04. The van der Waals surface area contributed by atoms with Crippen LogP contribution in [-0.2, 0) is 5.41 Å². The van der Waals surface area contributed by atoms with Gasteiger partial charge in [-0.25, -0.2) is 0 Å². The first-order valence-electron chi connectivity index (χ1n) is 6.82. The Bertz CT molecular complexity index is 447. The van der Waals surface area contributed by atoms with E-state index in [1.807, 2.05) is 12.1 Å². The van der Waals surface area contributed by atoms with E-state index in [2.05, 4.69) is 43.0 Å². The molecule has 19 heavy (non-hydrogen) atoms. The topological polar surface area (TPSA) is 45.2 Å². The molecule has 0 aromatic carbocycles. The maximum atomic E-state index is 12.1. The molecule has 1 saturated heterocycles. The number of amides is 1. The molecule has 1 aliphatic rings. The molecule has 1 aliphatic heterocycles. The highest BCUT2D eigenvalue weighted by molar-refractivity contribution is 5.92. The van der Waals surface area contributed by atoms with Gasteiger partial charge >= 0.3 is 0 Å². The maximum absolute atomic E-state index is 12.1. The second-order valence-electron chi connectivity index (χ2n) is 6.40. The summed E-state index contributed by atoms with van der Waals surface area (Å²) in [6.07, 6.45) is 2.82. The van der Waals surface area contributed by atoms with Gasteiger partial charge in [0.25, 0.3) is 5.91 Å². The van der Waals surface area contributed by atoms with Gasteiger partial charge in [0.1, 0.15) is 5.69 Å². The molecule has 0 radical (unpaired) electrons. The number of likely N-dealkylation sites (N-methyl/N-ethyl adjacent to an activating group) is 1. The summed E-state index contributed by atoms with van der Waals surface area (Å²) in [6, 6.07) is 4.05. The fourth-order valence-corrected chi connectivity index (χ4v) is 2.28. The third kappa shape index (κ3) is 3.53. The number of rotatable bonds is 2. The summed E-state index contributed by atoms with van der Waals surface area (Å²) in [7, 11) is 2.07. The van der Waals surface area contributed by atoms with E-state index in [9.17, 15) is 4.79 Å². The highest BCUT2D eigenvalue weighted by atomic mass is 16.1. The Balaban J connectivity index is 2.00. The smallest absolute Gasteiger partial charge is 0.270 e. The van der Waals surface area contributed by atoms with Gasteiger partial charge in [-0.2, -0.15) is 0 Å². The lowest BCUT2D eigenvalue weighted by Crippen LogP contribution is -2.36. The minimum absolute atomic E-state index is 0.0656. The number of pyridine rings is 1. The number of aromatic nitrogens is 1. The highest BCUT2D eigenvalue weighted by Gasteiger charge is 2.22. The van der Waals surface area contributed by atoms with E-state index >= 15 is 0 Å². The van der Waals surface area contributed by atoms with Crippen LogP contribution < -0.4 is 5.32 Å². The Kier molecular flexibility index (Phi) is 3.90. The van der Waals surface area contributed by atoms with Gasteiger partial charge in [-0.1, -0.05) is 26.8 Å². The van der Waals surface area contributed by atoms with Crippen LogP contribution in [0.15, 0.2) is 18.3 Å². The molecule has 4 nitrogen and oxygen atoms in total. The third-order valence-electron chi connectivity index (χ3n) is 3.59. The molecule has 1 aromatic heterocycles. The lowest BCUT2D eigenvalue weighted by molar-refractivity contribution is 0.0933. The van der Waals surface area contributed by atoms with Crippen LogP contribution in [-0.4, -0.2) is 42.0 Å². The van der Waals surface area contributed by atoms with Gasteiger partial charge in [0.05, 0.1) is 0 Å². The van der Waals surface area contributed by atoms with Gasteiger partial charge in [-0.05, 0) is 37.1 Å². The molecule has 4 heteroatoms. The van der Waals surface area contributed by atoms with Crippen LogP contribution >= 0.6 is 0 Å². The molecule has 2 heterocycles. The van der Waals surface area contributed by atoms with Crippen LogP contribution in [0.1, 0.15) is 43.2 Å². The molecule has 0 unspecified atom stereocenters. The van der Waals surface area contributed by atoms with Crippen LogP contribution in [0.25, 0.3) is 0 Å². The lowest BCUT2D eigenvalue weighted by atomic mass is 9.88. The lowest BCUT2D eigenvalue weighted by Gasteiger charge is -2.18. The minimum Gasteiger partial charge on any atom is -0.347 e. The summed E-state index contributed by atoms with van der Waals surface area (Å²) >= 11 is 0. The van der Waals surface area contributed by atoms with Crippen molar-refractivity contribution in [3.63, 3.8) is 0 Å². The first-order valence-corrected chi connectivity index (χ1v) is 6.82. The predicted octanol–water partition coefficient (Wildman–Crippen LogP) is 1.81. The predicted molar refractivity (Wildman–Crippen MR) is 76.3 cm³/mol. The summed E-state index contributed by atoms with van der Waals surface area (Å²) in [5.74, 6) is -0.0687. The zero-order valence-corrected chi connectivity index (χ0v) is 12.2. The normalized spacial score (nSPS) is 20.5. The molecular formula is C15H23N3O. The van der Waals surface area contributed by atoms with Crippen LogP contribution in [0.5, 0.6) is 0 Å². The van der Waals surface area contributed by atoms with E-state index in [4.69, 9.17) is 0 Å². The van der Waals surface area contributed by atoms with Crippen molar-refractivity contribution in [2.24, 2.45) is 0 Å². The van der Waals surface area contributed by atoms with E-state index in [0.717, 1.165) is 25.1 Å². The first-order chi connectivity index (χ1) is 8.86. The van der Waals surface area contributed by atoms with Gasteiger partial charge < -0.3 is 10.2 Å². The highest BCUT2D eigenvalue weighted by Crippen LogP contribution is 2.21. The Morgan fingerprint density at radius 3 is 2.63 bits per heavy atom. The van der Waals surface area contributed by atoms with E-state index < -0.39 is 0 Å². The summed E-state index contributed by atoms with van der Waals surface area (Å²) < 4.78 is 0. The third-order valence-corrected chi connectivity index (χ3v) is 3.59. The van der Waals surface area contributed by atoms with E-state index in [0.29, 0.717) is 5.69 Å². The average molecular weight is 261 g/mol. The van der Waals surface area contributed by atoms with Crippen molar-refractivity contribution in [2.75, 3.05) is 20.1 Å². The Morgan fingerprint density at radius 1 is 1.42 bits per heavy atom. The zero-order valence-electron chi connectivity index (χ0n) is 12.2. The molecule has 1 N–H and O–H groups in total. The van der Waals surface area contributed by atoms with Crippen LogP contribution in [0.2, 0.25) is 0 Å². The summed E-state index contributed by atoms with van der Waals surface area (Å²) in [6.45, 7) is 8.38. The molecule has 1 fully saturated rings. The molecule has 1 aromatic rings. The summed E-state index contributed by atoms with van der Waals surface area (Å²) in [5.41, 5.74) is 1.71. The molecule has 0 saturated carbocycles. The summed E-state index contributed by atoms with van der Waals surface area (Å²) in [4.78, 5) is 18.6. The SMILES string of the molecule is CN1CC[C@H](NC(=O)c2ccc(C(C)(C)C)cn2)C1. The van der Waals surface area contributed by atoms with Crippen molar-refractivity contribution < 1.29 is 4.79 Å². The van der Waals surface area contributed by atoms with E-state index in [1.54, 1.807) is 6.20 Å². The average Bonchev–Trinajstić information content (AvgIpc) is 2.74. The zero-order chi connectivity index (χ0) is 14.0. The van der Waals surface area contributed by atoms with Gasteiger partial charge in [0, 0.05) is 18.8 Å². The minimum atomic E-state index is -0.0687. The second-order valence-corrected chi connectivity index (χ2v) is 6.40. The van der Waals surface area contributed by atoms with Crippen molar-refractivity contribution in [1.82, 2.24) is 15.2 Å². The van der Waals surface area contributed by atoms with Crippen LogP contribution in [0.3, 0.4) is 0 Å². The van der Waals surface area contributed by atoms with Crippen molar-refractivity contribution in [1.29, 1.82) is 0 Å².